The van der Waals surface area contributed by atoms with Crippen molar-refractivity contribution in [1.82, 2.24) is 4.98 Å². The summed E-state index contributed by atoms with van der Waals surface area (Å²) < 4.78 is 4.98. The fourth-order valence-electron chi connectivity index (χ4n) is 3.91. The smallest absolute Gasteiger partial charge is 0.171 e. The van der Waals surface area contributed by atoms with Gasteiger partial charge in [-0.05, 0) is 37.1 Å². The van der Waals surface area contributed by atoms with Gasteiger partial charge in [0.15, 0.2) is 4.34 Å². The largest absolute Gasteiger partial charge is 0.307 e. The first kappa shape index (κ1) is 18.8. The quantitative estimate of drug-likeness (QED) is 0.420. The van der Waals surface area contributed by atoms with E-state index in [9.17, 15) is 0 Å². The number of benzene rings is 2. The van der Waals surface area contributed by atoms with Crippen molar-refractivity contribution >= 4 is 39.2 Å². The van der Waals surface area contributed by atoms with Gasteiger partial charge in [0.05, 0.1) is 10.2 Å². The summed E-state index contributed by atoms with van der Waals surface area (Å²) in [4.78, 5) is 4.89. The van der Waals surface area contributed by atoms with Gasteiger partial charge in [-0.1, -0.05) is 75.3 Å². The Kier molecular flexibility index (Phi) is 6.70. The monoisotopic (exact) mass is 396 g/mol. The normalized spacial score (nSPS) is 17.0. The molecule has 0 N–H and O–H groups in total. The van der Waals surface area contributed by atoms with Gasteiger partial charge >= 0.3 is 0 Å². The molecule has 2 nitrogen and oxygen atoms in total. The molecular formula is C23H28N2S2. The highest BCUT2D eigenvalue weighted by Crippen LogP contribution is 2.38. The Balaban J connectivity index is 1.59. The molecule has 0 bridgehead atoms. The van der Waals surface area contributed by atoms with Gasteiger partial charge in [0.25, 0.3) is 0 Å². The molecule has 27 heavy (non-hydrogen) atoms. The van der Waals surface area contributed by atoms with Gasteiger partial charge in [-0.15, -0.1) is 11.3 Å². The summed E-state index contributed by atoms with van der Waals surface area (Å²) in [6.45, 7) is 0. The highest BCUT2D eigenvalue weighted by Gasteiger charge is 2.22. The Labute approximate surface area is 171 Å². The zero-order valence-corrected chi connectivity index (χ0v) is 17.5. The number of fused-ring (bicyclic) bond motifs is 1. The van der Waals surface area contributed by atoms with Crippen LogP contribution in [-0.4, -0.2) is 11.0 Å². The molecule has 142 valence electrons. The van der Waals surface area contributed by atoms with E-state index in [2.05, 4.69) is 58.9 Å². The second kappa shape index (κ2) is 9.61. The zero-order chi connectivity index (χ0) is 18.3. The van der Waals surface area contributed by atoms with Crippen molar-refractivity contribution < 1.29 is 0 Å². The number of nitrogens with zero attached hydrogens (tertiary/aromatic N) is 2. The van der Waals surface area contributed by atoms with Gasteiger partial charge in [-0.25, -0.2) is 4.98 Å². The fraction of sp³-hybridized carbons (Fsp3) is 0.435. The zero-order valence-electron chi connectivity index (χ0n) is 15.8. The van der Waals surface area contributed by atoms with E-state index in [4.69, 9.17) is 4.98 Å². The van der Waals surface area contributed by atoms with Crippen LogP contribution in [0.15, 0.2) is 58.9 Å². The highest BCUT2D eigenvalue weighted by molar-refractivity contribution is 8.02. The minimum absolute atomic E-state index is 0.586. The lowest BCUT2D eigenvalue weighted by atomic mass is 9.97. The molecule has 1 aliphatic carbocycles. The Morgan fingerprint density at radius 1 is 0.778 bits per heavy atom. The Morgan fingerprint density at radius 2 is 1.41 bits per heavy atom. The molecule has 1 saturated carbocycles. The second-order valence-corrected chi connectivity index (χ2v) is 9.66. The van der Waals surface area contributed by atoms with Crippen LogP contribution in [0.25, 0.3) is 10.2 Å². The maximum absolute atomic E-state index is 4.89. The van der Waals surface area contributed by atoms with Crippen molar-refractivity contribution in [3.63, 3.8) is 0 Å². The molecule has 0 unspecified atom stereocenters. The summed E-state index contributed by atoms with van der Waals surface area (Å²) in [6.07, 6.45) is 12.2. The van der Waals surface area contributed by atoms with E-state index in [1.165, 1.54) is 68.2 Å². The first-order valence-electron chi connectivity index (χ1n) is 10.3. The van der Waals surface area contributed by atoms with Crippen LogP contribution >= 0.6 is 23.3 Å². The van der Waals surface area contributed by atoms with Crippen LogP contribution in [-0.2, 0) is 0 Å². The predicted molar refractivity (Wildman–Crippen MR) is 120 cm³/mol. The molecule has 1 aromatic heterocycles. The number of thiazole rings is 1. The lowest BCUT2D eigenvalue weighted by molar-refractivity contribution is 0.464. The van der Waals surface area contributed by atoms with E-state index in [-0.39, 0.29) is 0 Å². The standard InChI is InChI=1S/C23H28N2S2/c1-2-4-7-13-19(14-8-5-3-1)25(20-15-9-6-10-16-20)27-23-24-21-17-11-12-18-22(21)26-23/h6,9-12,15-19H,1-5,7-8,13-14H2. The van der Waals surface area contributed by atoms with E-state index < -0.39 is 0 Å². The third-order valence-corrected chi connectivity index (χ3v) is 7.63. The molecule has 0 saturated heterocycles. The van der Waals surface area contributed by atoms with Crippen molar-refractivity contribution in [2.24, 2.45) is 0 Å². The number of aromatic nitrogens is 1. The SMILES string of the molecule is c1ccc(N(Sc2nc3ccccc3s2)C2CCCCCCCCC2)cc1. The minimum Gasteiger partial charge on any atom is -0.307 e. The molecule has 2 aromatic carbocycles. The van der Waals surface area contributed by atoms with Gasteiger partial charge in [0.2, 0.25) is 0 Å². The topological polar surface area (TPSA) is 16.1 Å². The third kappa shape index (κ3) is 5.05. The third-order valence-electron chi connectivity index (χ3n) is 5.37. The molecule has 1 heterocycles. The number of anilines is 1. The Bertz CT molecular complexity index is 788. The second-order valence-electron chi connectivity index (χ2n) is 7.41. The summed E-state index contributed by atoms with van der Waals surface area (Å²) in [7, 11) is 0. The van der Waals surface area contributed by atoms with Gasteiger partial charge in [0, 0.05) is 23.7 Å². The average molecular weight is 397 g/mol. The van der Waals surface area contributed by atoms with E-state index in [0.29, 0.717) is 6.04 Å². The first-order chi connectivity index (χ1) is 13.4. The van der Waals surface area contributed by atoms with E-state index in [1.54, 1.807) is 0 Å². The van der Waals surface area contributed by atoms with Crippen LogP contribution < -0.4 is 4.31 Å². The number of hydrogen-bond acceptors (Lipinski definition) is 4. The summed E-state index contributed by atoms with van der Waals surface area (Å²) in [5.41, 5.74) is 2.42. The molecule has 3 aromatic rings. The molecule has 0 amide bonds. The molecule has 1 aliphatic rings. The Morgan fingerprint density at radius 3 is 2.11 bits per heavy atom. The van der Waals surface area contributed by atoms with Crippen molar-refractivity contribution in [3.8, 4) is 0 Å². The summed E-state index contributed by atoms with van der Waals surface area (Å²) >= 11 is 3.65. The molecule has 1 fully saturated rings. The van der Waals surface area contributed by atoms with Crippen molar-refractivity contribution in [1.29, 1.82) is 0 Å². The van der Waals surface area contributed by atoms with Gasteiger partial charge < -0.3 is 4.31 Å². The summed E-state index contributed by atoms with van der Waals surface area (Å²) in [5.74, 6) is 0. The minimum atomic E-state index is 0.586. The lowest BCUT2D eigenvalue weighted by Crippen LogP contribution is -2.29. The molecule has 0 aliphatic heterocycles. The maximum Gasteiger partial charge on any atom is 0.171 e. The maximum atomic E-state index is 4.89. The van der Waals surface area contributed by atoms with Crippen molar-refractivity contribution in [2.45, 2.75) is 68.2 Å². The number of para-hydroxylation sites is 2. The molecule has 0 atom stereocenters. The van der Waals surface area contributed by atoms with Crippen LogP contribution in [0.2, 0.25) is 0 Å². The van der Waals surface area contributed by atoms with Crippen molar-refractivity contribution in [3.05, 3.63) is 54.6 Å². The van der Waals surface area contributed by atoms with Crippen LogP contribution in [0.1, 0.15) is 57.8 Å². The predicted octanol–water partition coefficient (Wildman–Crippen LogP) is 7.70. The van der Waals surface area contributed by atoms with Crippen LogP contribution in [0.3, 0.4) is 0 Å². The highest BCUT2D eigenvalue weighted by atomic mass is 32.2. The van der Waals surface area contributed by atoms with Crippen molar-refractivity contribution in [2.75, 3.05) is 4.31 Å². The molecule has 4 rings (SSSR count). The average Bonchev–Trinajstić information content (AvgIpc) is 3.13. The Hall–Kier alpha value is -1.52. The van der Waals surface area contributed by atoms with Crippen LogP contribution in [0.4, 0.5) is 5.69 Å². The lowest BCUT2D eigenvalue weighted by Gasteiger charge is -2.32. The van der Waals surface area contributed by atoms with E-state index >= 15 is 0 Å². The molecule has 4 heteroatoms. The summed E-state index contributed by atoms with van der Waals surface area (Å²) in [5, 5.41) is 0. The van der Waals surface area contributed by atoms with Gasteiger partial charge in [-0.3, -0.25) is 0 Å². The molecule has 0 spiro atoms. The fourth-order valence-corrected chi connectivity index (χ4v) is 6.16. The number of hydrogen-bond donors (Lipinski definition) is 0. The van der Waals surface area contributed by atoms with E-state index in [1.807, 2.05) is 23.3 Å². The van der Waals surface area contributed by atoms with Crippen LogP contribution in [0, 0.1) is 0 Å². The molecule has 0 radical (unpaired) electrons. The van der Waals surface area contributed by atoms with Gasteiger partial charge in [-0.2, -0.15) is 0 Å². The van der Waals surface area contributed by atoms with E-state index in [0.717, 1.165) is 9.86 Å². The molecular weight excluding hydrogens is 368 g/mol. The van der Waals surface area contributed by atoms with Gasteiger partial charge in [0.1, 0.15) is 0 Å². The van der Waals surface area contributed by atoms with Crippen LogP contribution in [0.5, 0.6) is 0 Å². The number of rotatable bonds is 4. The first-order valence-corrected chi connectivity index (χ1v) is 11.9. The summed E-state index contributed by atoms with van der Waals surface area (Å²) in [6, 6.07) is 20.0.